The second-order valence-electron chi connectivity index (χ2n) is 4.96. The molecule has 2 aromatic rings. The molecule has 88 valence electrons. The maximum absolute atomic E-state index is 12.4. The summed E-state index contributed by atoms with van der Waals surface area (Å²) in [5, 5.41) is 1.04. The summed E-state index contributed by atoms with van der Waals surface area (Å²) >= 11 is 0. The fourth-order valence-corrected chi connectivity index (χ4v) is 2.67. The van der Waals surface area contributed by atoms with Gasteiger partial charge in [-0.05, 0) is 25.8 Å². The van der Waals surface area contributed by atoms with Crippen molar-refractivity contribution in [3.05, 3.63) is 35.5 Å². The fraction of sp³-hybridized carbons (Fsp3) is 0.357. The van der Waals surface area contributed by atoms with E-state index in [4.69, 9.17) is 5.73 Å². The quantitative estimate of drug-likeness (QED) is 0.775. The number of aryl methyl sites for hydroxylation is 1. The first kappa shape index (κ1) is 10.5. The number of H-pyrrole nitrogens is 1. The van der Waals surface area contributed by atoms with E-state index in [9.17, 15) is 4.79 Å². The normalized spacial score (nSPS) is 23.6. The molecule has 17 heavy (non-hydrogen) atoms. The number of hydrogen-bond acceptors (Lipinski definition) is 2. The van der Waals surface area contributed by atoms with Crippen LogP contribution < -0.4 is 5.73 Å². The van der Waals surface area contributed by atoms with Crippen LogP contribution in [0.5, 0.6) is 0 Å². The number of hydrogen-bond donors (Lipinski definition) is 2. The number of nitrogens with one attached hydrogen (secondary N) is 1. The van der Waals surface area contributed by atoms with Crippen LogP contribution in [0.4, 0.5) is 0 Å². The van der Waals surface area contributed by atoms with Crippen LogP contribution in [0.1, 0.15) is 28.9 Å². The van der Waals surface area contributed by atoms with Crippen molar-refractivity contribution in [1.29, 1.82) is 0 Å². The summed E-state index contributed by atoms with van der Waals surface area (Å²) in [6, 6.07) is 8.18. The first-order valence-corrected chi connectivity index (χ1v) is 6.04. The minimum atomic E-state index is 0.128. The molecule has 0 spiro atoms. The molecule has 1 aliphatic rings. The third-order valence-corrected chi connectivity index (χ3v) is 3.69. The largest absolute Gasteiger partial charge is 0.358 e. The van der Waals surface area contributed by atoms with Gasteiger partial charge < -0.3 is 10.7 Å². The van der Waals surface area contributed by atoms with Crippen LogP contribution in [0.25, 0.3) is 10.9 Å². The molecule has 1 aliphatic carbocycles. The highest BCUT2D eigenvalue weighted by Gasteiger charge is 2.34. The van der Waals surface area contributed by atoms with Gasteiger partial charge in [0.25, 0.3) is 0 Å². The Kier molecular flexibility index (Phi) is 2.30. The second-order valence-corrected chi connectivity index (χ2v) is 4.96. The molecule has 3 nitrogen and oxygen atoms in total. The summed E-state index contributed by atoms with van der Waals surface area (Å²) in [5.74, 6) is 0.379. The van der Waals surface area contributed by atoms with E-state index in [0.717, 1.165) is 35.0 Å². The number of carbonyl (C=O) groups is 1. The molecule has 3 N–H and O–H groups in total. The molecule has 3 rings (SSSR count). The lowest BCUT2D eigenvalue weighted by atomic mass is 9.76. The first-order valence-electron chi connectivity index (χ1n) is 6.04. The molecule has 1 fully saturated rings. The third kappa shape index (κ3) is 1.58. The summed E-state index contributed by atoms with van der Waals surface area (Å²) in [5.41, 5.74) is 8.62. The van der Waals surface area contributed by atoms with Gasteiger partial charge in [-0.25, -0.2) is 0 Å². The van der Waals surface area contributed by atoms with Gasteiger partial charge in [0.05, 0.1) is 0 Å². The first-order chi connectivity index (χ1) is 8.16. The molecule has 0 saturated heterocycles. The van der Waals surface area contributed by atoms with E-state index in [1.807, 2.05) is 31.2 Å². The highest BCUT2D eigenvalue weighted by atomic mass is 16.1. The van der Waals surface area contributed by atoms with Crippen LogP contribution in [0, 0.1) is 12.8 Å². The minimum absolute atomic E-state index is 0.128. The standard InChI is InChI=1S/C14H16N2O/c1-8-13(14(17)9-6-10(15)7-9)11-4-2-3-5-12(11)16-8/h2-5,9-10,16H,6-7,15H2,1H3. The van der Waals surface area contributed by atoms with Gasteiger partial charge in [0.15, 0.2) is 5.78 Å². The zero-order valence-corrected chi connectivity index (χ0v) is 9.86. The van der Waals surface area contributed by atoms with Crippen molar-refractivity contribution in [2.24, 2.45) is 11.7 Å². The number of Topliss-reactive ketones (excluding diaryl/α,β-unsaturated/α-hetero) is 1. The topological polar surface area (TPSA) is 58.9 Å². The van der Waals surface area contributed by atoms with Crippen LogP contribution >= 0.6 is 0 Å². The van der Waals surface area contributed by atoms with E-state index in [0.29, 0.717) is 0 Å². The van der Waals surface area contributed by atoms with Crippen molar-refractivity contribution in [3.63, 3.8) is 0 Å². The smallest absolute Gasteiger partial charge is 0.168 e. The highest BCUT2D eigenvalue weighted by molar-refractivity contribution is 6.10. The summed E-state index contributed by atoms with van der Waals surface area (Å²) in [7, 11) is 0. The average molecular weight is 228 g/mol. The number of carbonyl (C=O) groups excluding carboxylic acids is 1. The van der Waals surface area contributed by atoms with Crippen LogP contribution in [-0.2, 0) is 0 Å². The van der Waals surface area contributed by atoms with Crippen molar-refractivity contribution < 1.29 is 4.79 Å². The average Bonchev–Trinajstić information content (AvgIpc) is 2.60. The Morgan fingerprint density at radius 1 is 1.35 bits per heavy atom. The van der Waals surface area contributed by atoms with Crippen LogP contribution in [0.2, 0.25) is 0 Å². The van der Waals surface area contributed by atoms with Gasteiger partial charge in [-0.2, -0.15) is 0 Å². The SMILES string of the molecule is Cc1[nH]c2ccccc2c1C(=O)C1CC(N)C1. The molecule has 0 radical (unpaired) electrons. The number of aromatic amines is 1. The van der Waals surface area contributed by atoms with E-state index < -0.39 is 0 Å². The zero-order valence-electron chi connectivity index (χ0n) is 9.86. The molecule has 3 heteroatoms. The van der Waals surface area contributed by atoms with Crippen molar-refractivity contribution in [3.8, 4) is 0 Å². The van der Waals surface area contributed by atoms with Crippen molar-refractivity contribution in [2.45, 2.75) is 25.8 Å². The van der Waals surface area contributed by atoms with Crippen molar-refractivity contribution in [2.75, 3.05) is 0 Å². The maximum atomic E-state index is 12.4. The summed E-state index contributed by atoms with van der Waals surface area (Å²) in [6.45, 7) is 1.96. The van der Waals surface area contributed by atoms with E-state index in [2.05, 4.69) is 4.98 Å². The van der Waals surface area contributed by atoms with Crippen LogP contribution in [-0.4, -0.2) is 16.8 Å². The van der Waals surface area contributed by atoms with Gasteiger partial charge in [-0.15, -0.1) is 0 Å². The molecule has 0 bridgehead atoms. The number of aromatic nitrogens is 1. The Hall–Kier alpha value is -1.61. The highest BCUT2D eigenvalue weighted by Crippen LogP contribution is 2.32. The number of benzene rings is 1. The van der Waals surface area contributed by atoms with Crippen molar-refractivity contribution >= 4 is 16.7 Å². The molecule has 0 unspecified atom stereocenters. The predicted molar refractivity (Wildman–Crippen MR) is 68.1 cm³/mol. The number of ketones is 1. The Bertz CT molecular complexity index is 579. The predicted octanol–water partition coefficient (Wildman–Crippen LogP) is 2.40. The summed E-state index contributed by atoms with van der Waals surface area (Å²) in [6.07, 6.45) is 1.66. The Balaban J connectivity index is 2.04. The summed E-state index contributed by atoms with van der Waals surface area (Å²) < 4.78 is 0. The molecule has 1 heterocycles. The third-order valence-electron chi connectivity index (χ3n) is 3.69. The van der Waals surface area contributed by atoms with E-state index in [-0.39, 0.29) is 17.7 Å². The number of fused-ring (bicyclic) bond motifs is 1. The second kappa shape index (κ2) is 3.70. The van der Waals surface area contributed by atoms with Gasteiger partial charge in [0.2, 0.25) is 0 Å². The fourth-order valence-electron chi connectivity index (χ4n) is 2.67. The number of rotatable bonds is 2. The monoisotopic (exact) mass is 228 g/mol. The molecule has 0 aliphatic heterocycles. The number of para-hydroxylation sites is 1. The summed E-state index contributed by atoms with van der Waals surface area (Å²) in [4.78, 5) is 15.7. The van der Waals surface area contributed by atoms with Crippen LogP contribution in [0.3, 0.4) is 0 Å². The Morgan fingerprint density at radius 2 is 2.06 bits per heavy atom. The maximum Gasteiger partial charge on any atom is 0.168 e. The van der Waals surface area contributed by atoms with Crippen molar-refractivity contribution in [1.82, 2.24) is 4.98 Å². The minimum Gasteiger partial charge on any atom is -0.358 e. The van der Waals surface area contributed by atoms with Gasteiger partial charge in [-0.1, -0.05) is 18.2 Å². The van der Waals surface area contributed by atoms with Gasteiger partial charge in [0.1, 0.15) is 0 Å². The molecule has 0 amide bonds. The van der Waals surface area contributed by atoms with E-state index in [1.54, 1.807) is 0 Å². The molecular formula is C14H16N2O. The Labute approximate surface area is 100 Å². The molecule has 0 atom stereocenters. The molecule has 1 aromatic carbocycles. The molecule has 1 aromatic heterocycles. The lowest BCUT2D eigenvalue weighted by Crippen LogP contribution is -2.40. The zero-order chi connectivity index (χ0) is 12.0. The molecular weight excluding hydrogens is 212 g/mol. The van der Waals surface area contributed by atoms with Crippen LogP contribution in [0.15, 0.2) is 24.3 Å². The van der Waals surface area contributed by atoms with Gasteiger partial charge in [-0.3, -0.25) is 4.79 Å². The Morgan fingerprint density at radius 3 is 2.76 bits per heavy atom. The molecule has 1 saturated carbocycles. The lowest BCUT2D eigenvalue weighted by molar-refractivity contribution is 0.0834. The van der Waals surface area contributed by atoms with Gasteiger partial charge in [0, 0.05) is 34.1 Å². The van der Waals surface area contributed by atoms with E-state index in [1.165, 1.54) is 0 Å². The van der Waals surface area contributed by atoms with Gasteiger partial charge >= 0.3 is 0 Å². The van der Waals surface area contributed by atoms with E-state index >= 15 is 0 Å². The lowest BCUT2D eigenvalue weighted by Gasteiger charge is -2.31. The number of nitrogens with two attached hydrogens (primary N) is 1.